The van der Waals surface area contributed by atoms with Gasteiger partial charge in [-0.05, 0) is 397 Å². The summed E-state index contributed by atoms with van der Waals surface area (Å²) in [5.74, 6) is 0. The smallest absolute Gasteiger partial charge is 0.0791 e. The molecule has 1 saturated heterocycles. The average molecular weight is 1580 g/mol. The molecule has 8 bridgehead atoms. The maximum Gasteiger partial charge on any atom is 0.0791 e. The van der Waals surface area contributed by atoms with Gasteiger partial charge in [0.1, 0.15) is 0 Å². The van der Waals surface area contributed by atoms with Gasteiger partial charge < -0.3 is 9.97 Å². The zero-order valence-corrected chi connectivity index (χ0v) is 69.0. The third-order valence-corrected chi connectivity index (χ3v) is 56.0. The lowest BCUT2D eigenvalue weighted by atomic mass is 9.47. The topological polar surface area (TPSA) is 60.6 Å². The highest BCUT2D eigenvalue weighted by Gasteiger charge is 2.76. The summed E-state index contributed by atoms with van der Waals surface area (Å²) in [6.07, 6.45) is 8.87. The van der Waals surface area contributed by atoms with E-state index in [4.69, 9.17) is 9.97 Å². The Morgan fingerprint density at radius 1 is 0.250 bits per heavy atom. The monoisotopic (exact) mass is 1580 g/mol. The number of nitrogens with zero attached hydrogens (tertiary/aromatic N) is 3. The molecule has 7 aliphatic rings. The van der Waals surface area contributed by atoms with Crippen molar-refractivity contribution in [1.82, 2.24) is 24.8 Å². The second kappa shape index (κ2) is 15.7. The first kappa shape index (κ1) is 57.0. The number of benzene rings is 23. The Labute approximate surface area is 698 Å². The molecule has 552 valence electrons. The Morgan fingerprint density at radius 2 is 0.460 bits per heavy atom. The van der Waals surface area contributed by atoms with Crippen molar-refractivity contribution in [1.29, 1.82) is 0 Å². The molecule has 4 aliphatic carbocycles. The van der Waals surface area contributed by atoms with Crippen LogP contribution in [0.15, 0.2) is 164 Å². The molecule has 2 spiro atoms. The molecule has 36 aromatic rings. The van der Waals surface area contributed by atoms with Gasteiger partial charge in [-0.1, -0.05) is 176 Å². The fourth-order valence-corrected chi connectivity index (χ4v) is 43.4. The molecule has 33 aromatic carbocycles. The maximum absolute atomic E-state index is 5.76. The van der Waals surface area contributed by atoms with Crippen molar-refractivity contribution in [2.45, 2.75) is 43.1 Å². The molecular formula is C117H51N5Si2. The van der Waals surface area contributed by atoms with Crippen molar-refractivity contribution in [3.8, 4) is 44.5 Å². The summed E-state index contributed by atoms with van der Waals surface area (Å²) in [5, 5.41) is 92.6. The van der Waals surface area contributed by atoms with Crippen LogP contribution < -0.4 is 10.4 Å². The number of aromatic amines is 2. The third kappa shape index (κ3) is 4.40. The van der Waals surface area contributed by atoms with E-state index < -0.39 is 20.6 Å². The molecule has 1 unspecified atom stereocenters. The largest absolute Gasteiger partial charge is 0.354 e. The number of hydrogen-bond acceptors (Lipinski definition) is 3. The van der Waals surface area contributed by atoms with Gasteiger partial charge >= 0.3 is 0 Å². The van der Waals surface area contributed by atoms with Crippen LogP contribution in [-0.2, 0) is 10.8 Å². The lowest BCUT2D eigenvalue weighted by molar-refractivity contribution is 0.271. The van der Waals surface area contributed by atoms with Crippen LogP contribution >= 0.6 is 0 Å². The normalized spacial score (nSPS) is 19.2. The van der Waals surface area contributed by atoms with Crippen LogP contribution in [0.2, 0.25) is 26.2 Å². The summed E-state index contributed by atoms with van der Waals surface area (Å²) < 4.78 is 0. The van der Waals surface area contributed by atoms with E-state index in [-0.39, 0.29) is 11.5 Å². The second-order valence-electron chi connectivity index (χ2n) is 41.8. The molecule has 0 amide bonds. The van der Waals surface area contributed by atoms with E-state index in [1.54, 1.807) is 318 Å². The molecule has 0 saturated carbocycles. The van der Waals surface area contributed by atoms with E-state index in [1.165, 1.54) is 10.8 Å². The van der Waals surface area contributed by atoms with Gasteiger partial charge in [0.25, 0.3) is 0 Å². The Morgan fingerprint density at radius 3 is 0.702 bits per heavy atom. The predicted octanol–water partition coefficient (Wildman–Crippen LogP) is 29.2. The van der Waals surface area contributed by atoms with Gasteiger partial charge in [-0.3, -0.25) is 4.90 Å². The number of likely N-dealkylation sites (N-methyl/N-ethyl adjacent to an activating group) is 1. The molecule has 2 N–H and O–H groups in total. The highest BCUT2D eigenvalue weighted by molar-refractivity contribution is 7.50. The molecule has 5 nitrogen and oxygen atoms in total. The van der Waals surface area contributed by atoms with E-state index in [0.717, 1.165) is 95.9 Å². The molecule has 3 aliphatic heterocycles. The van der Waals surface area contributed by atoms with Crippen LogP contribution in [0.4, 0.5) is 0 Å². The zero-order chi connectivity index (χ0) is 78.1. The Bertz CT molecular complexity index is 11100. The van der Waals surface area contributed by atoms with Gasteiger partial charge in [-0.25, -0.2) is 9.97 Å². The van der Waals surface area contributed by atoms with Crippen molar-refractivity contribution >= 4 is 363 Å². The standard InChI is InChI=1S/C117H51N5Si2/c1-122-37-116-111-103-95-85-75-67-59-57-58-61-65-63(59)71-79-73(65)83-77-69(61)70-62(58)66-64-60(57)68(67)76-82-72(64)80-74(66)84-78(70)88-87(77)99-93(83)101-91(79)97(89(95)81(71)75)105(111)107(101)113-109(99)110-100(88)94(84)102-92(80)98-90(82)96(86(76)85)104(103)112(116)106(98)108(102)114(110)117(113,116)115(122)42-23-27-44(28-24-42)124(4,5)123(2,3)43-25-21-41(22-26-43)56-51-35-33-49(120-51)54(39-17-11-7-12-18-39)47-31-29-45(118-47)53(38-15-9-6-10-16-38)46-30-32-48(119-46)55(40-19-13-8-14-20-40)50-34-36-52(56)121-50/h6-36,115,118,121H,37H2,1-5H3. The number of fused-ring (bicyclic) bond motifs is 8. The SMILES string of the molecule is CN1CC23c4c5c6c7c8c9c(c%10c%11c2c2c4c4c%12c5c5c6c6c8c8c%13c9c9c%10c%10c%11c%11c2c2c4c4c%12c%12c5c5c6c8c6c8c%13c9c9c%10c%10c%11c2c2c4c4c%12c5c6c5c8c9c%10c2c45)C73C1c1ccc([Si](C)(C)[Si](C)(C)c2ccc(-c3c4nc(c(-c5ccccc5)c5ccc([nH]5)c(-c5ccccc5)c5nc(c(-c6ccccc6)c6ccc3[nH]6)C=C5)C=C4)cc2)cc1. The van der Waals surface area contributed by atoms with Crippen LogP contribution in [0.1, 0.15) is 56.6 Å². The minimum absolute atomic E-state index is 0.0679. The summed E-state index contributed by atoms with van der Waals surface area (Å²) in [4.78, 5) is 22.4. The van der Waals surface area contributed by atoms with Gasteiger partial charge in [-0.2, -0.15) is 0 Å². The first-order valence-electron chi connectivity index (χ1n) is 45.1. The molecule has 6 heterocycles. The second-order valence-corrected chi connectivity index (χ2v) is 57.0. The number of H-pyrrole nitrogens is 2. The van der Waals surface area contributed by atoms with Crippen molar-refractivity contribution in [2.24, 2.45) is 0 Å². The Balaban J connectivity index is 0.548. The van der Waals surface area contributed by atoms with E-state index in [1.807, 2.05) is 0 Å². The van der Waals surface area contributed by atoms with Gasteiger partial charge in [0.2, 0.25) is 0 Å². The maximum atomic E-state index is 5.76. The van der Waals surface area contributed by atoms with Crippen LogP contribution in [0.3, 0.4) is 0 Å². The summed E-state index contributed by atoms with van der Waals surface area (Å²) >= 11 is 0. The Hall–Kier alpha value is -14.4. The lowest BCUT2D eigenvalue weighted by Gasteiger charge is -2.52. The molecule has 0 radical (unpaired) electrons. The van der Waals surface area contributed by atoms with Crippen LogP contribution in [0.25, 0.3) is 382 Å². The van der Waals surface area contributed by atoms with Gasteiger partial charge in [0, 0.05) is 56.9 Å². The van der Waals surface area contributed by atoms with Gasteiger partial charge in [0.15, 0.2) is 0 Å². The van der Waals surface area contributed by atoms with E-state index >= 15 is 0 Å². The van der Waals surface area contributed by atoms with E-state index in [0.29, 0.717) is 0 Å². The molecule has 1 fully saturated rings. The summed E-state index contributed by atoms with van der Waals surface area (Å²) in [7, 11) is -1.98. The highest BCUT2D eigenvalue weighted by atomic mass is 29.3. The van der Waals surface area contributed by atoms with Crippen molar-refractivity contribution < 1.29 is 0 Å². The summed E-state index contributed by atoms with van der Waals surface area (Å²) in [6.45, 7) is 11.9. The minimum Gasteiger partial charge on any atom is -0.354 e. The number of nitrogens with one attached hydrogen (secondary N) is 2. The summed E-state index contributed by atoms with van der Waals surface area (Å²) in [6, 6.07) is 62.2. The minimum atomic E-state index is -2.31. The predicted molar refractivity (Wildman–Crippen MR) is 531 cm³/mol. The van der Waals surface area contributed by atoms with Crippen molar-refractivity contribution in [3.05, 3.63) is 214 Å². The van der Waals surface area contributed by atoms with Crippen LogP contribution in [-0.4, -0.2) is 53.6 Å². The zero-order valence-electron chi connectivity index (χ0n) is 67.0. The number of aromatic nitrogens is 4. The van der Waals surface area contributed by atoms with E-state index in [2.05, 4.69) is 236 Å². The average Bonchev–Trinajstić information content (AvgIpc) is 1.38. The molecule has 43 rings (SSSR count). The number of hydrogen-bond donors (Lipinski definition) is 2. The molecule has 7 heteroatoms. The first-order chi connectivity index (χ1) is 61.1. The molecule has 124 heavy (non-hydrogen) atoms. The first-order valence-corrected chi connectivity index (χ1v) is 52.1. The number of likely N-dealkylation sites (tertiary alicyclic amines) is 1. The van der Waals surface area contributed by atoms with E-state index in [9.17, 15) is 0 Å². The fourth-order valence-electron chi connectivity index (χ4n) is 34.6. The van der Waals surface area contributed by atoms with Crippen LogP contribution in [0, 0.1) is 0 Å². The highest BCUT2D eigenvalue weighted by Crippen LogP contribution is 2.87. The van der Waals surface area contributed by atoms with Gasteiger partial charge in [0.05, 0.1) is 48.8 Å². The third-order valence-electron chi connectivity index (χ3n) is 38.3. The lowest BCUT2D eigenvalue weighted by Crippen LogP contribution is -2.69. The molecule has 1 atom stereocenters. The molecular weight excluding hydrogens is 1530 g/mol. The molecule has 3 aromatic heterocycles. The quantitative estimate of drug-likeness (QED) is 0.118. The summed E-state index contributed by atoms with van der Waals surface area (Å²) in [5.41, 5.74) is 24.1. The number of rotatable bonds is 8. The fraction of sp³-hybridized carbons (Fsp3) is 0.0769. The van der Waals surface area contributed by atoms with Crippen molar-refractivity contribution in [3.63, 3.8) is 0 Å². The van der Waals surface area contributed by atoms with Gasteiger partial charge in [-0.15, -0.1) is 0 Å². The Kier molecular flexibility index (Phi) is 7.22. The van der Waals surface area contributed by atoms with Crippen LogP contribution in [0.5, 0.6) is 0 Å². The van der Waals surface area contributed by atoms with Crippen molar-refractivity contribution in [2.75, 3.05) is 13.6 Å².